The van der Waals surface area contributed by atoms with Crippen LogP contribution in [0.4, 0.5) is 34.1 Å². The lowest BCUT2D eigenvalue weighted by Crippen LogP contribution is -2.14. The Labute approximate surface area is 415 Å². The normalized spacial score (nSPS) is 12.3. The van der Waals surface area contributed by atoms with Crippen LogP contribution in [0.2, 0.25) is 0 Å². The van der Waals surface area contributed by atoms with Gasteiger partial charge in [-0.05, 0) is 131 Å². The van der Waals surface area contributed by atoms with E-state index in [0.717, 1.165) is 50.8 Å². The van der Waals surface area contributed by atoms with Crippen LogP contribution in [0.5, 0.6) is 0 Å². The highest BCUT2D eigenvalue weighted by Gasteiger charge is 2.27. The molecule has 70 heavy (non-hydrogen) atoms. The highest BCUT2D eigenvalue weighted by atomic mass is 32.1. The molecule has 0 N–H and O–H groups in total. The highest BCUT2D eigenvalue weighted by molar-refractivity contribution is 7.25. The number of hydrogen-bond acceptors (Lipinski definition) is 3. The van der Waals surface area contributed by atoms with Gasteiger partial charge in [-0.15, -0.1) is 11.3 Å². The molecule has 0 bridgehead atoms. The summed E-state index contributed by atoms with van der Waals surface area (Å²) in [5.41, 5.74) is 15.4. The van der Waals surface area contributed by atoms with Crippen molar-refractivity contribution in [3.63, 3.8) is 0 Å². The summed E-state index contributed by atoms with van der Waals surface area (Å²) in [5.74, 6) is 0. The van der Waals surface area contributed by atoms with Crippen molar-refractivity contribution in [2.75, 3.05) is 9.80 Å². The molecule has 0 amide bonds. The molecule has 0 aliphatic rings. The summed E-state index contributed by atoms with van der Waals surface area (Å²) in [6.07, 6.45) is 0. The molecule has 0 radical (unpaired) electrons. The standard InChI is InChI=1S/C66H57N3S/c1-42-19-9-16-26-55(42)67(46-33-29-44(30-34-46)65(3,4)5)57-40-59-63(52-24-13-11-21-49(52)57)64-53-25-14-12-22-50(53)58(68(56-27-17-10-20-43(56)2)47-35-31-45(32-36-47)66(6,7)8)41-60(64)69(59)48-37-38-62-54(39-48)51-23-15-18-28-61(51)70-62/h9-41H,1-8H3. The van der Waals surface area contributed by atoms with Crippen LogP contribution in [0.15, 0.2) is 200 Å². The van der Waals surface area contributed by atoms with Gasteiger partial charge >= 0.3 is 0 Å². The van der Waals surface area contributed by atoms with Crippen LogP contribution in [0.1, 0.15) is 63.8 Å². The Morgan fingerprint density at radius 3 is 1.21 bits per heavy atom. The Kier molecular flexibility index (Phi) is 10.3. The molecule has 0 aliphatic carbocycles. The van der Waals surface area contributed by atoms with Gasteiger partial charge in [0.05, 0.1) is 22.4 Å². The topological polar surface area (TPSA) is 11.4 Å². The largest absolute Gasteiger partial charge is 0.310 e. The smallest absolute Gasteiger partial charge is 0.0568 e. The van der Waals surface area contributed by atoms with E-state index in [-0.39, 0.29) is 10.8 Å². The molecule has 12 aromatic rings. The lowest BCUT2D eigenvalue weighted by Gasteiger charge is -2.29. The SMILES string of the molecule is Cc1ccccc1N(c1ccc(C(C)(C)C)cc1)c1cc2c(c3ccccc13)c1c3ccccc3c(N(c3ccc(C(C)(C)C)cc3)c3ccccc3C)cc1n2-c1ccc2sc3ccccc3c2c1. The molecular formula is C66H57N3S. The third-order valence-electron chi connectivity index (χ3n) is 14.5. The van der Waals surface area contributed by atoms with Crippen LogP contribution >= 0.6 is 11.3 Å². The highest BCUT2D eigenvalue weighted by Crippen LogP contribution is 2.51. The average molecular weight is 924 g/mol. The number of hydrogen-bond donors (Lipinski definition) is 0. The van der Waals surface area contributed by atoms with E-state index in [9.17, 15) is 0 Å². The van der Waals surface area contributed by atoms with E-state index in [0.29, 0.717) is 0 Å². The zero-order valence-corrected chi connectivity index (χ0v) is 42.1. The number of aryl methyl sites for hydroxylation is 2. The number of aromatic nitrogens is 1. The second-order valence-electron chi connectivity index (χ2n) is 21.1. The van der Waals surface area contributed by atoms with E-state index in [4.69, 9.17) is 0 Å². The summed E-state index contributed by atoms with van der Waals surface area (Å²) in [4.78, 5) is 4.98. The van der Waals surface area contributed by atoms with E-state index in [1.807, 2.05) is 11.3 Å². The summed E-state index contributed by atoms with van der Waals surface area (Å²) >= 11 is 1.87. The molecule has 3 nitrogen and oxygen atoms in total. The maximum atomic E-state index is 2.57. The first kappa shape index (κ1) is 43.6. The maximum Gasteiger partial charge on any atom is 0.0568 e. The van der Waals surface area contributed by atoms with Gasteiger partial charge < -0.3 is 14.4 Å². The number of fused-ring (bicyclic) bond motifs is 10. The summed E-state index contributed by atoms with van der Waals surface area (Å²) < 4.78 is 5.16. The Balaban J connectivity index is 1.24. The number of anilines is 6. The molecule has 0 unspecified atom stereocenters. The van der Waals surface area contributed by atoms with Gasteiger partial charge in [-0.2, -0.15) is 0 Å². The fraction of sp³-hybridized carbons (Fsp3) is 0.152. The summed E-state index contributed by atoms with van der Waals surface area (Å²) in [7, 11) is 0. The molecule has 12 rings (SSSR count). The molecule has 342 valence electrons. The summed E-state index contributed by atoms with van der Waals surface area (Å²) in [6, 6.07) is 75.2. The van der Waals surface area contributed by atoms with Crippen molar-refractivity contribution in [1.29, 1.82) is 0 Å². The Hall–Kier alpha value is -7.66. The zero-order valence-electron chi connectivity index (χ0n) is 41.3. The van der Waals surface area contributed by atoms with Gasteiger partial charge in [0.2, 0.25) is 0 Å². The Bertz CT molecular complexity index is 3780. The van der Waals surface area contributed by atoms with Crippen LogP contribution < -0.4 is 9.80 Å². The number of rotatable bonds is 7. The molecular weight excluding hydrogens is 867 g/mol. The Morgan fingerprint density at radius 1 is 0.357 bits per heavy atom. The minimum atomic E-state index is 0.0275. The predicted octanol–water partition coefficient (Wildman–Crippen LogP) is 19.6. The van der Waals surface area contributed by atoms with Crippen molar-refractivity contribution in [2.45, 2.75) is 66.2 Å². The molecule has 4 heteroatoms. The Morgan fingerprint density at radius 2 is 0.757 bits per heavy atom. The third kappa shape index (κ3) is 7.15. The number of nitrogens with zero attached hydrogens (tertiary/aromatic N) is 3. The third-order valence-corrected chi connectivity index (χ3v) is 15.7. The quantitative estimate of drug-likeness (QED) is 0.158. The van der Waals surface area contributed by atoms with E-state index in [2.05, 4.69) is 270 Å². The van der Waals surface area contributed by atoms with Crippen LogP contribution in [0.25, 0.3) is 69.2 Å². The fourth-order valence-electron chi connectivity index (χ4n) is 10.9. The van der Waals surface area contributed by atoms with Gasteiger partial charge in [0, 0.05) is 70.2 Å². The minimum Gasteiger partial charge on any atom is -0.310 e. The van der Waals surface area contributed by atoms with Crippen molar-refractivity contribution in [3.05, 3.63) is 222 Å². The second kappa shape index (κ2) is 16.5. The van der Waals surface area contributed by atoms with Crippen molar-refractivity contribution < 1.29 is 0 Å². The molecule has 0 saturated carbocycles. The van der Waals surface area contributed by atoms with E-state index in [1.54, 1.807) is 0 Å². The second-order valence-corrected chi connectivity index (χ2v) is 22.2. The molecule has 2 aromatic heterocycles. The first-order chi connectivity index (χ1) is 33.8. The van der Waals surface area contributed by atoms with Gasteiger partial charge in [0.25, 0.3) is 0 Å². The molecule has 10 aromatic carbocycles. The van der Waals surface area contributed by atoms with Crippen molar-refractivity contribution >= 4 is 109 Å². The zero-order chi connectivity index (χ0) is 48.1. The van der Waals surface area contributed by atoms with Gasteiger partial charge in [-0.1, -0.05) is 169 Å². The molecule has 0 spiro atoms. The number of thiophene rings is 1. The van der Waals surface area contributed by atoms with Crippen LogP contribution in [0.3, 0.4) is 0 Å². The molecule has 2 heterocycles. The lowest BCUT2D eigenvalue weighted by atomic mass is 9.87. The van der Waals surface area contributed by atoms with Gasteiger partial charge in [0.1, 0.15) is 0 Å². The molecule has 0 aliphatic heterocycles. The molecule has 0 fully saturated rings. The minimum absolute atomic E-state index is 0.0275. The van der Waals surface area contributed by atoms with E-state index in [1.165, 1.54) is 74.7 Å². The molecule has 0 atom stereocenters. The van der Waals surface area contributed by atoms with Crippen LogP contribution in [-0.4, -0.2) is 4.57 Å². The monoisotopic (exact) mass is 923 g/mol. The number of para-hydroxylation sites is 2. The van der Waals surface area contributed by atoms with E-state index >= 15 is 0 Å². The van der Waals surface area contributed by atoms with Crippen molar-refractivity contribution in [3.8, 4) is 5.69 Å². The van der Waals surface area contributed by atoms with Gasteiger partial charge in [-0.3, -0.25) is 0 Å². The number of benzene rings is 10. The predicted molar refractivity (Wildman–Crippen MR) is 305 cm³/mol. The maximum absolute atomic E-state index is 2.57. The first-order valence-electron chi connectivity index (χ1n) is 24.6. The summed E-state index contributed by atoms with van der Waals surface area (Å²) in [6.45, 7) is 18.2. The van der Waals surface area contributed by atoms with Crippen molar-refractivity contribution in [2.24, 2.45) is 0 Å². The van der Waals surface area contributed by atoms with Gasteiger partial charge in [0.15, 0.2) is 0 Å². The van der Waals surface area contributed by atoms with Crippen LogP contribution in [-0.2, 0) is 10.8 Å². The summed E-state index contributed by atoms with van der Waals surface area (Å²) in [5, 5.41) is 9.89. The molecule has 0 saturated heterocycles. The average Bonchev–Trinajstić information content (AvgIpc) is 3.90. The first-order valence-corrected chi connectivity index (χ1v) is 25.4. The van der Waals surface area contributed by atoms with Crippen molar-refractivity contribution in [1.82, 2.24) is 4.57 Å². The van der Waals surface area contributed by atoms with E-state index < -0.39 is 0 Å². The fourth-order valence-corrected chi connectivity index (χ4v) is 11.9. The van der Waals surface area contributed by atoms with Crippen LogP contribution in [0, 0.1) is 13.8 Å². The lowest BCUT2D eigenvalue weighted by molar-refractivity contribution is 0.590. The van der Waals surface area contributed by atoms with Gasteiger partial charge in [-0.25, -0.2) is 0 Å².